The molecule has 0 radical (unpaired) electrons. The molecular weight excluding hydrogens is 380 g/mol. The molecule has 8 heteroatoms. The highest BCUT2D eigenvalue weighted by Crippen LogP contribution is 2.17. The van der Waals surface area contributed by atoms with Crippen LogP contribution in [0.1, 0.15) is 26.7 Å². The Balaban J connectivity index is 2.47. The van der Waals surface area contributed by atoms with E-state index in [2.05, 4.69) is 21.9 Å². The predicted molar refractivity (Wildman–Crippen MR) is 123 cm³/mol. The Morgan fingerprint density at radius 1 is 1.33 bits per heavy atom. The van der Waals surface area contributed by atoms with Crippen LogP contribution < -0.4 is 27.3 Å². The van der Waals surface area contributed by atoms with Gasteiger partial charge < -0.3 is 27.3 Å². The van der Waals surface area contributed by atoms with E-state index in [0.29, 0.717) is 13.2 Å². The lowest BCUT2D eigenvalue weighted by molar-refractivity contribution is -0.123. The van der Waals surface area contributed by atoms with Gasteiger partial charge >= 0.3 is 0 Å². The molecular formula is C22H34N6O2. The lowest BCUT2D eigenvalue weighted by Crippen LogP contribution is -2.48. The number of nitrogens with one attached hydrogen (secondary N) is 1. The highest BCUT2D eigenvalue weighted by Gasteiger charge is 2.35. The Kier molecular flexibility index (Phi) is 10.9. The molecule has 0 saturated heterocycles. The van der Waals surface area contributed by atoms with Crippen LogP contribution in [0.3, 0.4) is 0 Å². The van der Waals surface area contributed by atoms with E-state index >= 15 is 0 Å². The molecule has 30 heavy (non-hydrogen) atoms. The van der Waals surface area contributed by atoms with Crippen molar-refractivity contribution < 1.29 is 9.53 Å². The van der Waals surface area contributed by atoms with Gasteiger partial charge in [-0.25, -0.2) is 4.99 Å². The number of amidine groups is 1. The highest BCUT2D eigenvalue weighted by atomic mass is 16.5. The molecule has 2 atom stereocenters. The Labute approximate surface area is 179 Å². The largest absolute Gasteiger partial charge is 0.492 e. The maximum Gasteiger partial charge on any atom is 0.232 e. The third-order valence-corrected chi connectivity index (χ3v) is 4.34. The molecule has 1 aromatic rings. The van der Waals surface area contributed by atoms with E-state index in [4.69, 9.17) is 21.9 Å². The number of para-hydroxylation sites is 1. The van der Waals surface area contributed by atoms with E-state index in [1.807, 2.05) is 43.3 Å². The van der Waals surface area contributed by atoms with Crippen molar-refractivity contribution in [2.24, 2.45) is 32.6 Å². The molecule has 0 heterocycles. The van der Waals surface area contributed by atoms with Crippen molar-refractivity contribution in [3.8, 4) is 5.75 Å². The normalized spacial score (nSPS) is 15.1. The topological polar surface area (TPSA) is 141 Å². The van der Waals surface area contributed by atoms with Gasteiger partial charge in [-0.2, -0.15) is 0 Å². The first-order valence-corrected chi connectivity index (χ1v) is 9.84. The lowest BCUT2D eigenvalue weighted by atomic mass is 9.88. The van der Waals surface area contributed by atoms with Crippen LogP contribution in [0, 0.1) is 5.41 Å². The van der Waals surface area contributed by atoms with Gasteiger partial charge in [0.25, 0.3) is 0 Å². The van der Waals surface area contributed by atoms with Gasteiger partial charge in [0.1, 0.15) is 23.6 Å². The van der Waals surface area contributed by atoms with Gasteiger partial charge in [0.2, 0.25) is 5.91 Å². The molecule has 0 aliphatic heterocycles. The Hall–Kier alpha value is -3.13. The summed E-state index contributed by atoms with van der Waals surface area (Å²) in [6.07, 6.45) is 6.60. The molecule has 7 N–H and O–H groups in total. The maximum absolute atomic E-state index is 11.9. The van der Waals surface area contributed by atoms with E-state index in [0.717, 1.165) is 24.2 Å². The minimum Gasteiger partial charge on any atom is -0.492 e. The number of primary amides is 1. The average molecular weight is 415 g/mol. The van der Waals surface area contributed by atoms with Gasteiger partial charge in [0.15, 0.2) is 0 Å². The number of allylic oxidation sites excluding steroid dienone is 2. The molecule has 8 nitrogen and oxygen atoms in total. The molecule has 1 rings (SSSR count). The first-order chi connectivity index (χ1) is 14.3. The van der Waals surface area contributed by atoms with Gasteiger partial charge in [-0.1, -0.05) is 29.8 Å². The number of hydrogen-bond donors (Lipinski definition) is 4. The third kappa shape index (κ3) is 9.38. The fraction of sp³-hybridized carbons (Fsp3) is 0.409. The van der Waals surface area contributed by atoms with Crippen LogP contribution in [0.2, 0.25) is 0 Å². The zero-order valence-corrected chi connectivity index (χ0v) is 17.9. The number of nitrogens with zero attached hydrogens (tertiary/aromatic N) is 2. The van der Waals surface area contributed by atoms with Gasteiger partial charge in [0, 0.05) is 12.7 Å². The zero-order chi connectivity index (χ0) is 22.4. The third-order valence-electron chi connectivity index (χ3n) is 4.34. The molecule has 0 fully saturated rings. The van der Waals surface area contributed by atoms with E-state index in [-0.39, 0.29) is 18.4 Å². The molecule has 0 saturated carbocycles. The summed E-state index contributed by atoms with van der Waals surface area (Å²) in [4.78, 5) is 20.3. The SMILES string of the molecule is C=C(C)CC/C=C/N=C(N)C(C)(CN=CNC[C@@H](N)COc1ccccc1)C(N)=O. The van der Waals surface area contributed by atoms with E-state index < -0.39 is 11.3 Å². The Bertz CT molecular complexity index is 760. The lowest BCUT2D eigenvalue weighted by Gasteiger charge is -2.22. The number of nitrogens with two attached hydrogens (primary N) is 3. The van der Waals surface area contributed by atoms with Crippen molar-refractivity contribution in [2.75, 3.05) is 19.7 Å². The Morgan fingerprint density at radius 3 is 2.67 bits per heavy atom. The molecule has 1 aromatic carbocycles. The van der Waals surface area contributed by atoms with Gasteiger partial charge in [-0.3, -0.25) is 9.79 Å². The van der Waals surface area contributed by atoms with Crippen LogP contribution >= 0.6 is 0 Å². The molecule has 0 spiro atoms. The molecule has 164 valence electrons. The van der Waals surface area contributed by atoms with E-state index in [9.17, 15) is 4.79 Å². The van der Waals surface area contributed by atoms with Crippen LogP contribution in [0.5, 0.6) is 5.75 Å². The predicted octanol–water partition coefficient (Wildman–Crippen LogP) is 1.73. The first kappa shape index (κ1) is 24.9. The van der Waals surface area contributed by atoms with Crippen molar-refractivity contribution in [1.82, 2.24) is 5.32 Å². The van der Waals surface area contributed by atoms with E-state index in [1.54, 1.807) is 13.1 Å². The standard InChI is InChI=1S/C22H34N6O2/c1-17(2)9-7-8-12-28-20(24)22(3,21(25)29)15-27-16-26-13-18(23)14-30-19-10-5-4-6-11-19/h4-6,8,10-12,16,18H,1,7,9,13-15,23H2,2-3H3,(H2,24,28)(H2,25,29)(H,26,27)/b12-8+/t18-,22?/m1/s1. The number of ether oxygens (including phenoxy) is 1. The first-order valence-electron chi connectivity index (χ1n) is 9.84. The maximum atomic E-state index is 11.9. The smallest absolute Gasteiger partial charge is 0.232 e. The van der Waals surface area contributed by atoms with Crippen LogP contribution in [0.4, 0.5) is 0 Å². The minimum atomic E-state index is -1.19. The summed E-state index contributed by atoms with van der Waals surface area (Å²) < 4.78 is 5.60. The highest BCUT2D eigenvalue weighted by molar-refractivity contribution is 6.06. The number of amides is 1. The van der Waals surface area contributed by atoms with Crippen LogP contribution in [-0.2, 0) is 4.79 Å². The summed E-state index contributed by atoms with van der Waals surface area (Å²) in [7, 11) is 0. The molecule has 0 aliphatic carbocycles. The van der Waals surface area contributed by atoms with Crippen molar-refractivity contribution in [3.05, 3.63) is 54.8 Å². The van der Waals surface area contributed by atoms with Crippen LogP contribution in [0.25, 0.3) is 0 Å². The fourth-order valence-corrected chi connectivity index (χ4v) is 2.24. The average Bonchev–Trinajstić information content (AvgIpc) is 2.71. The van der Waals surface area contributed by atoms with Crippen molar-refractivity contribution in [1.29, 1.82) is 0 Å². The van der Waals surface area contributed by atoms with Crippen LogP contribution in [0.15, 0.2) is 64.7 Å². The molecule has 1 unspecified atom stereocenters. The second-order valence-corrected chi connectivity index (χ2v) is 7.35. The molecule has 0 aromatic heterocycles. The van der Waals surface area contributed by atoms with E-state index in [1.165, 1.54) is 6.34 Å². The summed E-state index contributed by atoms with van der Waals surface area (Å²) in [5, 5.41) is 2.99. The number of rotatable bonds is 14. The summed E-state index contributed by atoms with van der Waals surface area (Å²) in [5.74, 6) is 0.290. The van der Waals surface area contributed by atoms with Gasteiger partial charge in [-0.05, 0) is 38.8 Å². The number of carbonyl (C=O) groups excluding carboxylic acids is 1. The summed E-state index contributed by atoms with van der Waals surface area (Å²) in [6.45, 7) is 8.31. The fourth-order valence-electron chi connectivity index (χ4n) is 2.24. The van der Waals surface area contributed by atoms with Crippen molar-refractivity contribution in [3.63, 3.8) is 0 Å². The zero-order valence-electron chi connectivity index (χ0n) is 17.9. The van der Waals surface area contributed by atoms with Gasteiger partial charge in [0.05, 0.1) is 18.9 Å². The summed E-state index contributed by atoms with van der Waals surface area (Å²) >= 11 is 0. The number of hydrogen-bond acceptors (Lipinski definition) is 5. The van der Waals surface area contributed by atoms with Gasteiger partial charge in [-0.15, -0.1) is 6.58 Å². The second-order valence-electron chi connectivity index (χ2n) is 7.35. The second kappa shape index (κ2) is 13.2. The minimum absolute atomic E-state index is 0.0695. The number of aliphatic imine (C=N–C) groups is 2. The quantitative estimate of drug-likeness (QED) is 0.208. The van der Waals surface area contributed by atoms with Crippen molar-refractivity contribution in [2.45, 2.75) is 32.7 Å². The molecule has 1 amide bonds. The van der Waals surface area contributed by atoms with Crippen molar-refractivity contribution >= 4 is 18.1 Å². The number of benzene rings is 1. The molecule has 0 aliphatic rings. The monoisotopic (exact) mass is 414 g/mol. The number of carbonyl (C=O) groups is 1. The van der Waals surface area contributed by atoms with Crippen LogP contribution in [-0.4, -0.2) is 43.8 Å². The summed E-state index contributed by atoms with van der Waals surface area (Å²) in [6, 6.07) is 9.22. The summed E-state index contributed by atoms with van der Waals surface area (Å²) in [5.41, 5.74) is 17.4. The molecule has 0 bridgehead atoms. The Morgan fingerprint density at radius 2 is 2.03 bits per heavy atom.